The third kappa shape index (κ3) is 4.20. The van der Waals surface area contributed by atoms with Crippen molar-refractivity contribution in [1.82, 2.24) is 23.6 Å². The number of rotatable bonds is 6. The number of methoxy groups -OCH3 is 1. The zero-order valence-electron chi connectivity index (χ0n) is 19.6. The molecule has 1 amide bonds. The van der Waals surface area contributed by atoms with E-state index < -0.39 is 29.9 Å². The van der Waals surface area contributed by atoms with Crippen molar-refractivity contribution in [2.75, 3.05) is 44.8 Å². The van der Waals surface area contributed by atoms with Crippen molar-refractivity contribution in [3.8, 4) is 11.4 Å². The Kier molecular flexibility index (Phi) is 6.49. The van der Waals surface area contributed by atoms with Gasteiger partial charge in [-0.25, -0.2) is 14.2 Å². The number of nitrogens with zero attached hydrogens (tertiary/aromatic N) is 6. The number of aromatic nitrogens is 4. The van der Waals surface area contributed by atoms with Gasteiger partial charge in [-0.2, -0.15) is 4.98 Å². The van der Waals surface area contributed by atoms with Crippen LogP contribution in [0.15, 0.2) is 33.9 Å². The van der Waals surface area contributed by atoms with E-state index in [1.807, 2.05) is 4.90 Å². The number of carbonyl (C=O) groups excluding carboxylic acids is 1. The number of esters is 1. The molecule has 0 spiro atoms. The van der Waals surface area contributed by atoms with Gasteiger partial charge in [0, 0.05) is 33.2 Å². The van der Waals surface area contributed by atoms with E-state index in [0.717, 1.165) is 4.57 Å². The number of ether oxygens (including phenoxy) is 2. The van der Waals surface area contributed by atoms with Gasteiger partial charge in [0.05, 0.1) is 19.4 Å². The summed E-state index contributed by atoms with van der Waals surface area (Å²) in [5, 5.41) is 9.30. The van der Waals surface area contributed by atoms with Crippen LogP contribution in [0.1, 0.15) is 6.92 Å². The highest BCUT2D eigenvalue weighted by Gasteiger charge is 2.29. The van der Waals surface area contributed by atoms with Gasteiger partial charge >= 0.3 is 17.8 Å². The fraction of sp³-hybridized carbons (Fsp3) is 0.409. The summed E-state index contributed by atoms with van der Waals surface area (Å²) < 4.78 is 14.1. The second-order valence-electron chi connectivity index (χ2n) is 7.89. The van der Waals surface area contributed by atoms with Crippen LogP contribution in [0.5, 0.6) is 5.75 Å². The highest BCUT2D eigenvalue weighted by molar-refractivity contribution is 5.79. The third-order valence-corrected chi connectivity index (χ3v) is 5.88. The molecule has 1 aliphatic heterocycles. The average Bonchev–Trinajstić information content (AvgIpc) is 3.26. The number of hydrogen-bond acceptors (Lipinski definition) is 8. The largest absolute Gasteiger partial charge is 0.495 e. The topological polar surface area (TPSA) is 141 Å². The SMILES string of the molecule is CCOC(=O)Cn1c(=O)c2c(nc(N3CCN(C(=O)O)CC3)n2-c2ccccc2OC)n(C)c1=O. The van der Waals surface area contributed by atoms with Crippen LogP contribution in [-0.4, -0.2) is 80.6 Å². The van der Waals surface area contributed by atoms with Crippen LogP contribution in [0, 0.1) is 0 Å². The molecule has 1 aromatic carbocycles. The van der Waals surface area contributed by atoms with Crippen LogP contribution in [0.3, 0.4) is 0 Å². The molecule has 1 fully saturated rings. The van der Waals surface area contributed by atoms with Crippen molar-refractivity contribution >= 4 is 29.2 Å². The van der Waals surface area contributed by atoms with Gasteiger partial charge in [-0.15, -0.1) is 0 Å². The maximum Gasteiger partial charge on any atom is 0.407 e. The van der Waals surface area contributed by atoms with Crippen LogP contribution in [0.4, 0.5) is 10.7 Å². The van der Waals surface area contributed by atoms with Crippen molar-refractivity contribution < 1.29 is 24.2 Å². The average molecular weight is 486 g/mol. The van der Waals surface area contributed by atoms with Gasteiger partial charge in [-0.3, -0.25) is 18.7 Å². The van der Waals surface area contributed by atoms with Crippen molar-refractivity contribution in [1.29, 1.82) is 0 Å². The second-order valence-corrected chi connectivity index (χ2v) is 7.89. The van der Waals surface area contributed by atoms with Gasteiger partial charge in [-0.1, -0.05) is 12.1 Å². The molecule has 2 aromatic heterocycles. The molecule has 0 radical (unpaired) electrons. The summed E-state index contributed by atoms with van der Waals surface area (Å²) >= 11 is 0. The molecule has 0 unspecified atom stereocenters. The second kappa shape index (κ2) is 9.52. The van der Waals surface area contributed by atoms with Gasteiger partial charge in [0.25, 0.3) is 5.56 Å². The number of hydrogen-bond donors (Lipinski definition) is 1. The highest BCUT2D eigenvalue weighted by atomic mass is 16.5. The normalized spacial score (nSPS) is 13.8. The van der Waals surface area contributed by atoms with Crippen molar-refractivity contribution in [3.63, 3.8) is 0 Å². The van der Waals surface area contributed by atoms with Gasteiger partial charge < -0.3 is 24.4 Å². The maximum absolute atomic E-state index is 13.6. The Hall–Kier alpha value is -4.29. The van der Waals surface area contributed by atoms with E-state index in [9.17, 15) is 24.3 Å². The van der Waals surface area contributed by atoms with E-state index in [0.29, 0.717) is 30.5 Å². The highest BCUT2D eigenvalue weighted by Crippen LogP contribution is 2.31. The summed E-state index contributed by atoms with van der Waals surface area (Å²) in [6, 6.07) is 7.03. The molecule has 35 heavy (non-hydrogen) atoms. The first-order valence-electron chi connectivity index (χ1n) is 11.0. The number of piperazine rings is 1. The quantitative estimate of drug-likeness (QED) is 0.486. The molecule has 1 N–H and O–H groups in total. The molecule has 186 valence electrons. The molecule has 0 aliphatic carbocycles. The number of amides is 1. The number of aryl methyl sites for hydroxylation is 1. The minimum absolute atomic E-state index is 0.0802. The molecule has 4 rings (SSSR count). The molecule has 0 saturated carbocycles. The summed E-state index contributed by atoms with van der Waals surface area (Å²) in [7, 11) is 2.97. The van der Waals surface area contributed by atoms with E-state index in [-0.39, 0.29) is 30.9 Å². The number of carbonyl (C=O) groups is 2. The molecule has 3 heterocycles. The Balaban J connectivity index is 1.98. The standard InChI is InChI=1S/C22H26N6O7/c1-4-35-16(29)13-27-19(30)17-18(24(2)21(27)31)23-20(25-9-11-26(12-10-25)22(32)33)28(17)14-7-5-6-8-15(14)34-3/h5-8H,4,9-13H2,1-3H3,(H,32,33). The fourth-order valence-electron chi connectivity index (χ4n) is 4.14. The zero-order chi connectivity index (χ0) is 25.3. The minimum atomic E-state index is -1.01. The Morgan fingerprint density at radius 3 is 2.43 bits per heavy atom. The lowest BCUT2D eigenvalue weighted by Gasteiger charge is -2.34. The molecular formula is C22H26N6O7. The monoisotopic (exact) mass is 486 g/mol. The third-order valence-electron chi connectivity index (χ3n) is 5.88. The first-order valence-corrected chi connectivity index (χ1v) is 11.0. The first-order chi connectivity index (χ1) is 16.8. The number of para-hydroxylation sites is 2. The van der Waals surface area contributed by atoms with E-state index in [1.165, 1.54) is 23.6 Å². The first kappa shape index (κ1) is 23.9. The van der Waals surface area contributed by atoms with Crippen LogP contribution >= 0.6 is 0 Å². The van der Waals surface area contributed by atoms with E-state index in [4.69, 9.17) is 9.47 Å². The van der Waals surface area contributed by atoms with E-state index >= 15 is 0 Å². The molecule has 0 bridgehead atoms. The van der Waals surface area contributed by atoms with Crippen molar-refractivity contribution in [2.24, 2.45) is 7.05 Å². The molecule has 0 atom stereocenters. The lowest BCUT2D eigenvalue weighted by molar-refractivity contribution is -0.143. The van der Waals surface area contributed by atoms with E-state index in [1.54, 1.807) is 35.8 Å². The van der Waals surface area contributed by atoms with Crippen molar-refractivity contribution in [3.05, 3.63) is 45.1 Å². The lowest BCUT2D eigenvalue weighted by atomic mass is 10.2. The lowest BCUT2D eigenvalue weighted by Crippen LogP contribution is -2.49. The van der Waals surface area contributed by atoms with Crippen LogP contribution in [0.25, 0.3) is 16.9 Å². The summed E-state index contributed by atoms with van der Waals surface area (Å²) in [5.41, 5.74) is -0.697. The Morgan fingerprint density at radius 2 is 1.80 bits per heavy atom. The maximum atomic E-state index is 13.6. The smallest absolute Gasteiger partial charge is 0.407 e. The van der Waals surface area contributed by atoms with Gasteiger partial charge in [-0.05, 0) is 19.1 Å². The fourth-order valence-corrected chi connectivity index (χ4v) is 4.14. The molecule has 13 heteroatoms. The molecule has 13 nitrogen and oxygen atoms in total. The van der Waals surface area contributed by atoms with Gasteiger partial charge in [0.15, 0.2) is 11.2 Å². The summed E-state index contributed by atoms with van der Waals surface area (Å²) in [6.45, 7) is 2.36. The summed E-state index contributed by atoms with van der Waals surface area (Å²) in [5.74, 6) is 0.109. The molecular weight excluding hydrogens is 460 g/mol. The predicted molar refractivity (Wildman–Crippen MR) is 126 cm³/mol. The number of fused-ring (bicyclic) bond motifs is 1. The summed E-state index contributed by atoms with van der Waals surface area (Å²) in [4.78, 5) is 57.9. The minimum Gasteiger partial charge on any atom is -0.495 e. The molecule has 1 saturated heterocycles. The number of anilines is 1. The Morgan fingerprint density at radius 1 is 1.11 bits per heavy atom. The Labute approximate surface area is 199 Å². The molecule has 3 aromatic rings. The summed E-state index contributed by atoms with van der Waals surface area (Å²) in [6.07, 6.45) is -1.01. The van der Waals surface area contributed by atoms with Crippen LogP contribution in [0.2, 0.25) is 0 Å². The number of carboxylic acid groups (broad SMARTS) is 1. The predicted octanol–water partition coefficient (Wildman–Crippen LogP) is 0.258. The number of imidazole rings is 1. The number of benzene rings is 1. The van der Waals surface area contributed by atoms with Crippen LogP contribution in [-0.2, 0) is 23.1 Å². The van der Waals surface area contributed by atoms with E-state index in [2.05, 4.69) is 4.98 Å². The van der Waals surface area contributed by atoms with Gasteiger partial charge in [0.1, 0.15) is 12.3 Å². The van der Waals surface area contributed by atoms with Crippen LogP contribution < -0.4 is 20.9 Å². The Bertz CT molecular complexity index is 1400. The van der Waals surface area contributed by atoms with Gasteiger partial charge in [0.2, 0.25) is 5.95 Å². The van der Waals surface area contributed by atoms with Crippen molar-refractivity contribution in [2.45, 2.75) is 13.5 Å². The zero-order valence-corrected chi connectivity index (χ0v) is 19.6. The molecule has 1 aliphatic rings.